The molecule has 0 bridgehead atoms. The first-order valence-electron chi connectivity index (χ1n) is 5.08. The first kappa shape index (κ1) is 13.4. The third-order valence-corrected chi connectivity index (χ3v) is 2.20. The molecule has 1 rings (SSSR count). The molecule has 5 heteroatoms. The van der Waals surface area contributed by atoms with Gasteiger partial charge in [0, 0.05) is 6.21 Å². The molecule has 0 radical (unpaired) electrons. The zero-order valence-electron chi connectivity index (χ0n) is 9.24. The normalized spacial score (nSPS) is 13.9. The van der Waals surface area contributed by atoms with Crippen LogP contribution < -0.4 is 0 Å². The fourth-order valence-corrected chi connectivity index (χ4v) is 1.23. The van der Waals surface area contributed by atoms with Gasteiger partial charge in [0.25, 0.3) is 0 Å². The highest BCUT2D eigenvalue weighted by Gasteiger charge is 2.36. The van der Waals surface area contributed by atoms with Gasteiger partial charge in [0.2, 0.25) is 5.78 Å². The minimum absolute atomic E-state index is 0.253. The van der Waals surface area contributed by atoms with Crippen molar-refractivity contribution in [3.63, 3.8) is 0 Å². The van der Waals surface area contributed by atoms with E-state index in [2.05, 4.69) is 4.99 Å². The van der Waals surface area contributed by atoms with Crippen LogP contribution in [0, 0.1) is 0 Å². The number of halogens is 3. The molecule has 0 N–H and O–H groups in total. The molecule has 0 aliphatic rings. The van der Waals surface area contributed by atoms with E-state index in [0.29, 0.717) is 0 Å². The second-order valence-corrected chi connectivity index (χ2v) is 3.54. The Hall–Kier alpha value is -1.65. The molecule has 0 aliphatic carbocycles. The highest BCUT2D eigenvalue weighted by molar-refractivity contribution is 5.95. The van der Waals surface area contributed by atoms with E-state index in [1.165, 1.54) is 0 Å². The molecule has 0 heterocycles. The Bertz CT molecular complexity index is 398. The minimum Gasteiger partial charge on any atom is -0.289 e. The van der Waals surface area contributed by atoms with Crippen LogP contribution in [-0.2, 0) is 4.79 Å². The van der Waals surface area contributed by atoms with Crippen LogP contribution in [0.2, 0.25) is 0 Å². The summed E-state index contributed by atoms with van der Waals surface area (Å²) >= 11 is 0. The molecule has 0 amide bonds. The smallest absolute Gasteiger partial charge is 0.289 e. The molecule has 0 fully saturated rings. The van der Waals surface area contributed by atoms with Gasteiger partial charge in [-0.1, -0.05) is 30.3 Å². The van der Waals surface area contributed by atoms with E-state index in [0.717, 1.165) is 11.8 Å². The average molecular weight is 243 g/mol. The number of hydrogen-bond donors (Lipinski definition) is 0. The van der Waals surface area contributed by atoms with Crippen molar-refractivity contribution < 1.29 is 18.0 Å². The van der Waals surface area contributed by atoms with E-state index in [4.69, 9.17) is 0 Å². The van der Waals surface area contributed by atoms with E-state index < -0.39 is 18.4 Å². The Morgan fingerprint density at radius 2 is 1.94 bits per heavy atom. The van der Waals surface area contributed by atoms with Crippen molar-refractivity contribution in [2.24, 2.45) is 4.99 Å². The van der Waals surface area contributed by atoms with Gasteiger partial charge in [0.1, 0.15) is 0 Å². The number of ketones is 1. The van der Waals surface area contributed by atoms with Crippen LogP contribution in [0.5, 0.6) is 0 Å². The Morgan fingerprint density at radius 3 is 2.47 bits per heavy atom. The number of Topliss-reactive ketones (excluding diaryl/α,β-unsaturated/α-hetero) is 1. The number of carbonyl (C=O) groups is 1. The van der Waals surface area contributed by atoms with Crippen LogP contribution >= 0.6 is 0 Å². The maximum atomic E-state index is 11.9. The molecular formula is C12H12F3NO. The predicted octanol–water partition coefficient (Wildman–Crippen LogP) is 3.34. The molecule has 0 unspecified atom stereocenters. The first-order valence-corrected chi connectivity index (χ1v) is 5.08. The predicted molar refractivity (Wildman–Crippen MR) is 59.0 cm³/mol. The monoisotopic (exact) mass is 243 g/mol. The van der Waals surface area contributed by atoms with Crippen molar-refractivity contribution in [2.45, 2.75) is 25.6 Å². The molecule has 0 saturated carbocycles. The number of benzene rings is 1. The molecule has 92 valence electrons. The second-order valence-electron chi connectivity index (χ2n) is 3.54. The third-order valence-electron chi connectivity index (χ3n) is 2.20. The molecule has 0 saturated heterocycles. The van der Waals surface area contributed by atoms with Gasteiger partial charge in [0.05, 0.1) is 12.5 Å². The fraction of sp³-hybridized carbons (Fsp3) is 0.333. The summed E-state index contributed by atoms with van der Waals surface area (Å²) in [7, 11) is 0. The summed E-state index contributed by atoms with van der Waals surface area (Å²) < 4.78 is 35.7. The van der Waals surface area contributed by atoms with Crippen molar-refractivity contribution in [1.82, 2.24) is 0 Å². The van der Waals surface area contributed by atoms with Crippen LogP contribution in [0.1, 0.15) is 24.9 Å². The van der Waals surface area contributed by atoms with Crippen LogP contribution in [0.15, 0.2) is 35.3 Å². The molecule has 1 aromatic carbocycles. The fourth-order valence-electron chi connectivity index (χ4n) is 1.23. The number of aliphatic imine (C=N–C) groups is 1. The summed E-state index contributed by atoms with van der Waals surface area (Å²) in [6, 6.07) is 8.89. The van der Waals surface area contributed by atoms with Crippen molar-refractivity contribution in [3.05, 3.63) is 35.9 Å². The number of hydrogen-bond acceptors (Lipinski definition) is 2. The standard InChI is InChI=1S/C12H12F3NO/c1-9(10-5-3-2-4-6-10)16-8-7-11(17)12(13,14)15/h2-6,8-9H,7H2,1H3/t9-/m0/s1. The summed E-state index contributed by atoms with van der Waals surface area (Å²) in [5.74, 6) is -1.78. The Kier molecular flexibility index (Phi) is 4.43. The van der Waals surface area contributed by atoms with Gasteiger partial charge in [-0.15, -0.1) is 0 Å². The van der Waals surface area contributed by atoms with Crippen molar-refractivity contribution in [1.29, 1.82) is 0 Å². The lowest BCUT2D eigenvalue weighted by atomic mass is 10.1. The number of carbonyl (C=O) groups excluding carboxylic acids is 1. The summed E-state index contributed by atoms with van der Waals surface area (Å²) in [4.78, 5) is 14.5. The molecule has 17 heavy (non-hydrogen) atoms. The van der Waals surface area contributed by atoms with E-state index in [1.807, 2.05) is 30.3 Å². The third kappa shape index (κ3) is 4.38. The van der Waals surface area contributed by atoms with Crippen LogP contribution in [0.3, 0.4) is 0 Å². The molecule has 0 spiro atoms. The summed E-state index contributed by atoms with van der Waals surface area (Å²) in [6.07, 6.45) is -4.46. The molecule has 0 aliphatic heterocycles. The van der Waals surface area contributed by atoms with Crippen molar-refractivity contribution in [3.8, 4) is 0 Å². The van der Waals surface area contributed by atoms with Gasteiger partial charge in [0.15, 0.2) is 0 Å². The van der Waals surface area contributed by atoms with Gasteiger partial charge < -0.3 is 0 Å². The highest BCUT2D eigenvalue weighted by atomic mass is 19.4. The molecule has 1 aromatic rings. The lowest BCUT2D eigenvalue weighted by molar-refractivity contribution is -0.169. The lowest BCUT2D eigenvalue weighted by Gasteiger charge is -2.06. The van der Waals surface area contributed by atoms with E-state index >= 15 is 0 Å². The van der Waals surface area contributed by atoms with Gasteiger partial charge in [-0.3, -0.25) is 9.79 Å². The zero-order valence-corrected chi connectivity index (χ0v) is 9.24. The maximum Gasteiger partial charge on any atom is 0.450 e. The largest absolute Gasteiger partial charge is 0.450 e. The number of alkyl halides is 3. The maximum absolute atomic E-state index is 11.9. The second kappa shape index (κ2) is 5.61. The Labute approximate surface area is 97.2 Å². The van der Waals surface area contributed by atoms with Crippen molar-refractivity contribution in [2.75, 3.05) is 0 Å². The van der Waals surface area contributed by atoms with Gasteiger partial charge in [-0.2, -0.15) is 13.2 Å². The summed E-state index contributed by atoms with van der Waals surface area (Å²) in [6.45, 7) is 1.75. The van der Waals surface area contributed by atoms with Crippen molar-refractivity contribution >= 4 is 12.0 Å². The van der Waals surface area contributed by atoms with E-state index in [-0.39, 0.29) is 6.04 Å². The molecule has 1 atom stereocenters. The average Bonchev–Trinajstić information content (AvgIpc) is 2.28. The number of rotatable bonds is 4. The highest BCUT2D eigenvalue weighted by Crippen LogP contribution is 2.18. The quantitative estimate of drug-likeness (QED) is 0.746. The zero-order chi connectivity index (χ0) is 12.9. The molecular weight excluding hydrogens is 231 g/mol. The lowest BCUT2D eigenvalue weighted by Crippen LogP contribution is -2.22. The molecule has 2 nitrogen and oxygen atoms in total. The van der Waals surface area contributed by atoms with Crippen LogP contribution in [-0.4, -0.2) is 18.2 Å². The summed E-state index contributed by atoms with van der Waals surface area (Å²) in [5, 5.41) is 0. The summed E-state index contributed by atoms with van der Waals surface area (Å²) in [5.41, 5.74) is 0.892. The van der Waals surface area contributed by atoms with Crippen LogP contribution in [0.4, 0.5) is 13.2 Å². The number of nitrogens with zero attached hydrogens (tertiary/aromatic N) is 1. The van der Waals surface area contributed by atoms with E-state index in [1.54, 1.807) is 6.92 Å². The topological polar surface area (TPSA) is 29.4 Å². The first-order chi connectivity index (χ1) is 7.91. The molecule has 0 aromatic heterocycles. The SMILES string of the molecule is C[C@H](N=CCC(=O)C(F)(F)F)c1ccccc1. The minimum atomic E-state index is -4.78. The van der Waals surface area contributed by atoms with Gasteiger partial charge >= 0.3 is 6.18 Å². The van der Waals surface area contributed by atoms with Gasteiger partial charge in [-0.05, 0) is 12.5 Å². The Balaban J connectivity index is 2.53. The van der Waals surface area contributed by atoms with E-state index in [9.17, 15) is 18.0 Å². The van der Waals surface area contributed by atoms with Crippen LogP contribution in [0.25, 0.3) is 0 Å². The van der Waals surface area contributed by atoms with Gasteiger partial charge in [-0.25, -0.2) is 0 Å². The Morgan fingerprint density at radius 1 is 1.35 bits per heavy atom.